The first-order valence-electron chi connectivity index (χ1n) is 10.1. The van der Waals surface area contributed by atoms with Crippen molar-refractivity contribution in [3.05, 3.63) is 99.8 Å². The lowest BCUT2D eigenvalue weighted by Gasteiger charge is -2.16. The van der Waals surface area contributed by atoms with Gasteiger partial charge in [0.15, 0.2) is 5.16 Å². The van der Waals surface area contributed by atoms with Crippen molar-refractivity contribution in [3.63, 3.8) is 0 Å². The molecule has 0 amide bonds. The standard InChI is InChI=1S/C24H22FN3O2S2/c1-30-23(29)22(18-9-11-19(25)12-10-18)32-24-27-26-21(16-20-8-5-15-31-20)28(24)14-13-17-6-3-2-4-7-17/h2-12,15,22H,13-14,16H2,1H3. The number of esters is 1. The van der Waals surface area contributed by atoms with Crippen LogP contribution in [0.1, 0.15) is 27.1 Å². The van der Waals surface area contributed by atoms with Crippen molar-refractivity contribution in [2.75, 3.05) is 7.11 Å². The van der Waals surface area contributed by atoms with Gasteiger partial charge in [0.1, 0.15) is 16.9 Å². The van der Waals surface area contributed by atoms with Gasteiger partial charge in [0.25, 0.3) is 0 Å². The number of methoxy groups -OCH3 is 1. The second kappa shape index (κ2) is 10.6. The summed E-state index contributed by atoms with van der Waals surface area (Å²) in [5.74, 6) is 0.0688. The summed E-state index contributed by atoms with van der Waals surface area (Å²) in [4.78, 5) is 13.8. The fourth-order valence-electron chi connectivity index (χ4n) is 3.32. The van der Waals surface area contributed by atoms with Gasteiger partial charge in [0.05, 0.1) is 7.11 Å². The normalized spacial score (nSPS) is 11.9. The Bertz CT molecular complexity index is 1150. The maximum Gasteiger partial charge on any atom is 0.323 e. The lowest BCUT2D eigenvalue weighted by Crippen LogP contribution is -2.14. The van der Waals surface area contributed by atoms with Crippen LogP contribution in [-0.2, 0) is 28.9 Å². The molecule has 8 heteroatoms. The summed E-state index contributed by atoms with van der Waals surface area (Å²) in [5, 5.41) is 10.8. The van der Waals surface area contributed by atoms with Crippen molar-refractivity contribution in [3.8, 4) is 0 Å². The Morgan fingerprint density at radius 2 is 1.88 bits per heavy atom. The summed E-state index contributed by atoms with van der Waals surface area (Å²) in [6, 6.07) is 20.2. The third-order valence-electron chi connectivity index (χ3n) is 4.98. The summed E-state index contributed by atoms with van der Waals surface area (Å²) in [6.07, 6.45) is 1.47. The highest BCUT2D eigenvalue weighted by Gasteiger charge is 2.26. The highest BCUT2D eigenvalue weighted by Crippen LogP contribution is 2.36. The Labute approximate surface area is 194 Å². The number of halogens is 1. The molecular weight excluding hydrogens is 445 g/mol. The minimum atomic E-state index is -0.671. The summed E-state index contributed by atoms with van der Waals surface area (Å²) < 4.78 is 20.5. The van der Waals surface area contributed by atoms with E-state index >= 15 is 0 Å². The molecule has 0 aliphatic rings. The van der Waals surface area contributed by atoms with Crippen LogP contribution in [0, 0.1) is 5.82 Å². The van der Waals surface area contributed by atoms with Gasteiger partial charge in [0, 0.05) is 17.8 Å². The monoisotopic (exact) mass is 467 g/mol. The lowest BCUT2D eigenvalue weighted by atomic mass is 10.1. The number of thioether (sulfide) groups is 1. The van der Waals surface area contributed by atoms with Gasteiger partial charge in [-0.1, -0.05) is 60.3 Å². The molecule has 0 aliphatic heterocycles. The highest BCUT2D eigenvalue weighted by atomic mass is 32.2. The molecule has 0 fully saturated rings. The van der Waals surface area contributed by atoms with E-state index in [9.17, 15) is 9.18 Å². The summed E-state index contributed by atoms with van der Waals surface area (Å²) in [5.41, 5.74) is 1.86. The molecule has 32 heavy (non-hydrogen) atoms. The maximum atomic E-state index is 13.4. The summed E-state index contributed by atoms with van der Waals surface area (Å²) in [6.45, 7) is 0.678. The van der Waals surface area contributed by atoms with E-state index in [1.165, 1.54) is 41.4 Å². The Morgan fingerprint density at radius 3 is 2.56 bits per heavy atom. The van der Waals surface area contributed by atoms with Crippen molar-refractivity contribution < 1.29 is 13.9 Å². The predicted octanol–water partition coefficient (Wildman–Crippen LogP) is 5.32. The molecule has 0 aliphatic carbocycles. The third-order valence-corrected chi connectivity index (χ3v) is 7.07. The lowest BCUT2D eigenvalue weighted by molar-refractivity contribution is -0.140. The number of aryl methyl sites for hydroxylation is 1. The smallest absolute Gasteiger partial charge is 0.323 e. The SMILES string of the molecule is COC(=O)C(Sc1nnc(Cc2cccs2)n1CCc1ccccc1)c1ccc(F)cc1. The topological polar surface area (TPSA) is 57.0 Å². The number of hydrogen-bond acceptors (Lipinski definition) is 6. The number of carbonyl (C=O) groups is 1. The van der Waals surface area contributed by atoms with Crippen LogP contribution < -0.4 is 0 Å². The van der Waals surface area contributed by atoms with E-state index in [4.69, 9.17) is 4.74 Å². The molecule has 1 atom stereocenters. The van der Waals surface area contributed by atoms with Gasteiger partial charge in [-0.15, -0.1) is 21.5 Å². The molecule has 0 saturated heterocycles. The fraction of sp³-hybridized carbons (Fsp3) is 0.208. The molecule has 2 heterocycles. The first kappa shape index (κ1) is 22.2. The Hall–Kier alpha value is -2.97. The third kappa shape index (κ3) is 5.44. The fourth-order valence-corrected chi connectivity index (χ4v) is 5.13. The number of carbonyl (C=O) groups excluding carboxylic acids is 1. The van der Waals surface area contributed by atoms with Crippen LogP contribution in [0.15, 0.2) is 77.3 Å². The van der Waals surface area contributed by atoms with Gasteiger partial charge in [-0.3, -0.25) is 4.79 Å². The van der Waals surface area contributed by atoms with Gasteiger partial charge >= 0.3 is 5.97 Å². The van der Waals surface area contributed by atoms with E-state index in [-0.39, 0.29) is 5.82 Å². The predicted molar refractivity (Wildman–Crippen MR) is 124 cm³/mol. The minimum absolute atomic E-state index is 0.355. The van der Waals surface area contributed by atoms with Crippen LogP contribution in [0.2, 0.25) is 0 Å². The van der Waals surface area contributed by atoms with Crippen LogP contribution in [0.25, 0.3) is 0 Å². The Balaban J connectivity index is 1.63. The molecule has 2 aromatic heterocycles. The van der Waals surface area contributed by atoms with E-state index in [0.717, 1.165) is 12.2 Å². The number of thiophene rings is 1. The zero-order valence-corrected chi connectivity index (χ0v) is 19.1. The molecule has 0 bridgehead atoms. The van der Waals surface area contributed by atoms with E-state index in [1.54, 1.807) is 23.5 Å². The number of benzene rings is 2. The molecule has 2 aromatic carbocycles. The number of hydrogen-bond donors (Lipinski definition) is 0. The molecule has 0 spiro atoms. The molecule has 0 N–H and O–H groups in total. The van der Waals surface area contributed by atoms with Crippen LogP contribution >= 0.6 is 23.1 Å². The highest BCUT2D eigenvalue weighted by molar-refractivity contribution is 8.00. The van der Waals surface area contributed by atoms with Gasteiger partial charge in [-0.25, -0.2) is 4.39 Å². The number of rotatable bonds is 9. The second-order valence-corrected chi connectivity index (χ2v) is 9.22. The maximum absolute atomic E-state index is 13.4. The van der Waals surface area contributed by atoms with Crippen molar-refractivity contribution in [1.82, 2.24) is 14.8 Å². The van der Waals surface area contributed by atoms with Gasteiger partial charge in [-0.2, -0.15) is 0 Å². The van der Waals surface area contributed by atoms with Gasteiger partial charge in [0.2, 0.25) is 0 Å². The minimum Gasteiger partial charge on any atom is -0.468 e. The first-order chi connectivity index (χ1) is 15.6. The molecular formula is C24H22FN3O2S2. The number of ether oxygens (including phenoxy) is 1. The van der Waals surface area contributed by atoms with Gasteiger partial charge < -0.3 is 9.30 Å². The molecule has 4 rings (SSSR count). The quantitative estimate of drug-likeness (QED) is 0.246. The first-order valence-corrected chi connectivity index (χ1v) is 11.9. The van der Waals surface area contributed by atoms with E-state index in [0.29, 0.717) is 23.7 Å². The zero-order chi connectivity index (χ0) is 22.3. The van der Waals surface area contributed by atoms with Crippen LogP contribution in [0.5, 0.6) is 0 Å². The second-order valence-electron chi connectivity index (χ2n) is 7.11. The number of aromatic nitrogens is 3. The molecule has 4 aromatic rings. The average molecular weight is 468 g/mol. The van der Waals surface area contributed by atoms with E-state index in [2.05, 4.69) is 33.0 Å². The largest absolute Gasteiger partial charge is 0.468 e. The van der Waals surface area contributed by atoms with Crippen molar-refractivity contribution in [2.45, 2.75) is 29.8 Å². The van der Waals surface area contributed by atoms with Gasteiger partial charge in [-0.05, 0) is 41.1 Å². The van der Waals surface area contributed by atoms with Crippen LogP contribution in [0.3, 0.4) is 0 Å². The molecule has 0 radical (unpaired) electrons. The van der Waals surface area contributed by atoms with Crippen molar-refractivity contribution in [1.29, 1.82) is 0 Å². The van der Waals surface area contributed by atoms with E-state index < -0.39 is 11.2 Å². The Kier molecular flexibility index (Phi) is 7.34. The summed E-state index contributed by atoms with van der Waals surface area (Å²) >= 11 is 2.94. The van der Waals surface area contributed by atoms with Crippen LogP contribution in [0.4, 0.5) is 4.39 Å². The average Bonchev–Trinajstić information content (AvgIpc) is 3.47. The molecule has 1 unspecified atom stereocenters. The van der Waals surface area contributed by atoms with Crippen molar-refractivity contribution in [2.24, 2.45) is 0 Å². The van der Waals surface area contributed by atoms with Crippen molar-refractivity contribution >= 4 is 29.1 Å². The summed E-state index contributed by atoms with van der Waals surface area (Å²) in [7, 11) is 1.35. The molecule has 0 saturated carbocycles. The number of nitrogens with zero attached hydrogens (tertiary/aromatic N) is 3. The van der Waals surface area contributed by atoms with Crippen LogP contribution in [-0.4, -0.2) is 27.8 Å². The zero-order valence-electron chi connectivity index (χ0n) is 17.5. The molecule has 5 nitrogen and oxygen atoms in total. The Morgan fingerprint density at radius 1 is 1.09 bits per heavy atom. The van der Waals surface area contributed by atoms with E-state index in [1.807, 2.05) is 29.6 Å². The molecule has 164 valence electrons.